The van der Waals surface area contributed by atoms with Gasteiger partial charge in [0.05, 0.1) is 11.2 Å². The standard InChI is InChI=1S/C50H33NO/c1-2-12-34(13-3-1)35-24-28-40(29-25-35)51(41-30-26-37(27-31-41)43-20-10-17-36-14-6-7-18-42(36)43)47-22-9-8-19-44(47)45-21-11-23-48-50(45)46-32-38-15-4-5-16-39(38)33-49(46)52-48/h1-33H/i26D,27D,30D,31D. The maximum Gasteiger partial charge on any atom is 0.136 e. The highest BCUT2D eigenvalue weighted by molar-refractivity contribution is 6.16. The van der Waals surface area contributed by atoms with Gasteiger partial charge in [-0.1, -0.05) is 152 Å². The van der Waals surface area contributed by atoms with Crippen molar-refractivity contribution in [3.05, 3.63) is 200 Å². The first-order valence-corrected chi connectivity index (χ1v) is 17.4. The molecule has 244 valence electrons. The van der Waals surface area contributed by atoms with E-state index in [0.717, 1.165) is 65.7 Å². The van der Waals surface area contributed by atoms with E-state index in [1.54, 1.807) is 0 Å². The highest BCUT2D eigenvalue weighted by Gasteiger charge is 2.21. The van der Waals surface area contributed by atoms with Crippen LogP contribution in [0.15, 0.2) is 205 Å². The molecular formula is C50H33NO. The van der Waals surface area contributed by atoms with Crippen LogP contribution in [-0.2, 0) is 0 Å². The summed E-state index contributed by atoms with van der Waals surface area (Å²) in [4.78, 5) is 1.88. The van der Waals surface area contributed by atoms with Gasteiger partial charge >= 0.3 is 0 Å². The molecule has 0 amide bonds. The highest BCUT2D eigenvalue weighted by atomic mass is 16.3. The summed E-state index contributed by atoms with van der Waals surface area (Å²) in [5.41, 5.74) is 7.94. The summed E-state index contributed by atoms with van der Waals surface area (Å²) in [7, 11) is 0. The van der Waals surface area contributed by atoms with Crippen molar-refractivity contribution in [2.24, 2.45) is 0 Å². The Morgan fingerprint density at radius 1 is 0.385 bits per heavy atom. The monoisotopic (exact) mass is 667 g/mol. The lowest BCUT2D eigenvalue weighted by Crippen LogP contribution is -2.11. The Balaban J connectivity index is 1.23. The van der Waals surface area contributed by atoms with E-state index in [2.05, 4.69) is 48.5 Å². The van der Waals surface area contributed by atoms with Crippen molar-refractivity contribution >= 4 is 60.5 Å². The second kappa shape index (κ2) is 12.5. The summed E-state index contributed by atoms with van der Waals surface area (Å²) in [6, 6.07) is 57.9. The minimum absolute atomic E-state index is 0.101. The zero-order valence-corrected chi connectivity index (χ0v) is 28.1. The predicted octanol–water partition coefficient (Wildman–Crippen LogP) is 14.4. The molecule has 10 rings (SSSR count). The average molecular weight is 668 g/mol. The molecule has 0 aliphatic heterocycles. The fraction of sp³-hybridized carbons (Fsp3) is 0. The summed E-state index contributed by atoms with van der Waals surface area (Å²) in [5.74, 6) is 0. The van der Waals surface area contributed by atoms with Crippen molar-refractivity contribution in [1.82, 2.24) is 0 Å². The molecule has 0 spiro atoms. The first-order chi connectivity index (χ1) is 27.5. The molecule has 0 unspecified atom stereocenters. The zero-order valence-electron chi connectivity index (χ0n) is 32.1. The van der Waals surface area contributed by atoms with E-state index >= 15 is 0 Å². The van der Waals surface area contributed by atoms with E-state index < -0.39 is 0 Å². The second-order valence-electron chi connectivity index (χ2n) is 13.0. The lowest BCUT2D eigenvalue weighted by molar-refractivity contribution is 0.669. The summed E-state index contributed by atoms with van der Waals surface area (Å²) in [6.07, 6.45) is 0. The maximum absolute atomic E-state index is 9.66. The number of benzene rings is 9. The molecule has 0 aliphatic carbocycles. The maximum atomic E-state index is 9.66. The third-order valence-corrected chi connectivity index (χ3v) is 9.93. The average Bonchev–Trinajstić information content (AvgIpc) is 3.62. The van der Waals surface area contributed by atoms with Gasteiger partial charge in [0.1, 0.15) is 11.2 Å². The van der Waals surface area contributed by atoms with Crippen molar-refractivity contribution < 1.29 is 9.90 Å². The minimum Gasteiger partial charge on any atom is -0.456 e. The third-order valence-electron chi connectivity index (χ3n) is 9.93. The molecule has 0 bridgehead atoms. The van der Waals surface area contributed by atoms with Crippen LogP contribution < -0.4 is 4.90 Å². The topological polar surface area (TPSA) is 16.4 Å². The molecule has 0 fully saturated rings. The number of anilines is 3. The first kappa shape index (κ1) is 26.0. The van der Waals surface area contributed by atoms with Crippen LogP contribution in [0.2, 0.25) is 0 Å². The molecule has 10 aromatic rings. The van der Waals surface area contributed by atoms with E-state index in [0.29, 0.717) is 16.9 Å². The van der Waals surface area contributed by atoms with Gasteiger partial charge in [-0.25, -0.2) is 0 Å². The van der Waals surface area contributed by atoms with Crippen LogP contribution in [0.5, 0.6) is 0 Å². The Hall–Kier alpha value is -6.90. The Labute approximate surface area is 308 Å². The van der Waals surface area contributed by atoms with Gasteiger partial charge in [-0.3, -0.25) is 0 Å². The molecule has 0 atom stereocenters. The van der Waals surface area contributed by atoms with E-state index in [1.165, 1.54) is 0 Å². The van der Waals surface area contributed by atoms with Crippen LogP contribution >= 0.6 is 0 Å². The van der Waals surface area contributed by atoms with E-state index in [4.69, 9.17) is 4.42 Å². The summed E-state index contributed by atoms with van der Waals surface area (Å²) in [6.45, 7) is 0. The van der Waals surface area contributed by atoms with Crippen LogP contribution in [0, 0.1) is 0 Å². The highest BCUT2D eigenvalue weighted by Crippen LogP contribution is 2.45. The summed E-state index contributed by atoms with van der Waals surface area (Å²) < 4.78 is 44.8. The fourth-order valence-corrected chi connectivity index (χ4v) is 7.45. The molecule has 0 saturated heterocycles. The zero-order chi connectivity index (χ0) is 37.9. The van der Waals surface area contributed by atoms with Gasteiger partial charge < -0.3 is 9.32 Å². The molecular weight excluding hydrogens is 631 g/mol. The molecule has 0 saturated carbocycles. The quantitative estimate of drug-likeness (QED) is 0.175. The van der Waals surface area contributed by atoms with Crippen molar-refractivity contribution in [2.45, 2.75) is 0 Å². The normalized spacial score (nSPS) is 12.5. The van der Waals surface area contributed by atoms with Crippen LogP contribution in [0.1, 0.15) is 5.48 Å². The van der Waals surface area contributed by atoms with E-state index in [-0.39, 0.29) is 35.4 Å². The Bertz CT molecular complexity index is 3100. The van der Waals surface area contributed by atoms with Crippen LogP contribution in [0.4, 0.5) is 17.1 Å². The number of fused-ring (bicyclic) bond motifs is 5. The number of rotatable bonds is 6. The van der Waals surface area contributed by atoms with E-state index in [1.807, 2.05) is 132 Å². The lowest BCUT2D eigenvalue weighted by Gasteiger charge is -2.28. The molecule has 0 radical (unpaired) electrons. The molecule has 1 heterocycles. The van der Waals surface area contributed by atoms with Gasteiger partial charge in [-0.2, -0.15) is 0 Å². The molecule has 52 heavy (non-hydrogen) atoms. The molecule has 0 aliphatic rings. The predicted molar refractivity (Wildman–Crippen MR) is 220 cm³/mol. The van der Waals surface area contributed by atoms with Gasteiger partial charge in [0.25, 0.3) is 0 Å². The Kier molecular flexibility index (Phi) is 6.22. The first-order valence-electron chi connectivity index (χ1n) is 19.4. The number of hydrogen-bond acceptors (Lipinski definition) is 2. The summed E-state index contributed by atoms with van der Waals surface area (Å²) >= 11 is 0. The van der Waals surface area contributed by atoms with Crippen LogP contribution in [-0.4, -0.2) is 0 Å². The van der Waals surface area contributed by atoms with Gasteiger partial charge in [0, 0.05) is 27.7 Å². The SMILES string of the molecule is [2H]c1c([2H])c(N(c2ccc(-c3ccccc3)cc2)c2ccccc2-c2cccc3oc4cc5ccccc5cc4c23)c([2H])c([2H])c1-c1cccc2ccccc12. The van der Waals surface area contributed by atoms with Crippen molar-refractivity contribution in [3.63, 3.8) is 0 Å². The van der Waals surface area contributed by atoms with Crippen molar-refractivity contribution in [1.29, 1.82) is 0 Å². The number of hydrogen-bond donors (Lipinski definition) is 0. The Morgan fingerprint density at radius 2 is 1.00 bits per heavy atom. The fourth-order valence-electron chi connectivity index (χ4n) is 7.45. The minimum atomic E-state index is -0.130. The largest absolute Gasteiger partial charge is 0.456 e. The molecule has 2 nitrogen and oxygen atoms in total. The van der Waals surface area contributed by atoms with Gasteiger partial charge in [-0.15, -0.1) is 0 Å². The summed E-state index contributed by atoms with van der Waals surface area (Å²) in [5, 5.41) is 6.00. The van der Waals surface area contributed by atoms with Gasteiger partial charge in [-0.05, 0) is 97.8 Å². The van der Waals surface area contributed by atoms with E-state index in [9.17, 15) is 5.48 Å². The van der Waals surface area contributed by atoms with Crippen LogP contribution in [0.25, 0.3) is 76.9 Å². The second-order valence-corrected chi connectivity index (χ2v) is 13.0. The van der Waals surface area contributed by atoms with Crippen LogP contribution in [0.3, 0.4) is 0 Å². The number of para-hydroxylation sites is 1. The molecule has 0 N–H and O–H groups in total. The van der Waals surface area contributed by atoms with Crippen molar-refractivity contribution in [2.75, 3.05) is 4.90 Å². The third kappa shape index (κ3) is 5.12. The molecule has 1 aromatic heterocycles. The number of furan rings is 1. The van der Waals surface area contributed by atoms with Gasteiger partial charge in [0.15, 0.2) is 0 Å². The number of nitrogens with zero attached hydrogens (tertiary/aromatic N) is 1. The van der Waals surface area contributed by atoms with Gasteiger partial charge in [0.2, 0.25) is 0 Å². The molecule has 9 aromatic carbocycles. The van der Waals surface area contributed by atoms with Crippen molar-refractivity contribution in [3.8, 4) is 33.4 Å². The Morgan fingerprint density at radius 3 is 1.83 bits per heavy atom. The molecule has 2 heteroatoms. The lowest BCUT2D eigenvalue weighted by atomic mass is 9.95. The smallest absolute Gasteiger partial charge is 0.136 e.